The smallest absolute Gasteiger partial charge is 0.339 e. The number of methoxy groups -OCH3 is 1. The monoisotopic (exact) mass is 392 g/mol. The first-order valence-corrected chi connectivity index (χ1v) is 9.88. The van der Waals surface area contributed by atoms with Crippen molar-refractivity contribution in [2.75, 3.05) is 13.7 Å². The van der Waals surface area contributed by atoms with Crippen LogP contribution in [0, 0.1) is 11.3 Å². The lowest BCUT2D eigenvalue weighted by Gasteiger charge is -2.35. The van der Waals surface area contributed by atoms with Gasteiger partial charge in [0, 0.05) is 18.2 Å². The Kier molecular flexibility index (Phi) is 7.61. The van der Waals surface area contributed by atoms with Crippen molar-refractivity contribution in [3.8, 4) is 17.6 Å². The summed E-state index contributed by atoms with van der Waals surface area (Å²) in [5, 5.41) is 9.46. The molecule has 1 aromatic carbocycles. The Balaban J connectivity index is 2.43. The fourth-order valence-electron chi connectivity index (χ4n) is 2.68. The number of hydrogen-bond acceptors (Lipinski definition) is 7. The van der Waals surface area contributed by atoms with Gasteiger partial charge < -0.3 is 18.2 Å². The van der Waals surface area contributed by atoms with Crippen LogP contribution >= 0.6 is 8.53 Å². The van der Waals surface area contributed by atoms with Gasteiger partial charge in [0.25, 0.3) is 0 Å². The summed E-state index contributed by atoms with van der Waals surface area (Å²) in [5.41, 5.74) is -0.136. The molecule has 0 saturated heterocycles. The van der Waals surface area contributed by atoms with Gasteiger partial charge in [-0.05, 0) is 39.8 Å². The first-order chi connectivity index (χ1) is 12.9. The zero-order valence-electron chi connectivity index (χ0n) is 16.3. The van der Waals surface area contributed by atoms with E-state index in [4.69, 9.17) is 23.5 Å². The third-order valence-corrected chi connectivity index (χ3v) is 5.81. The number of nitriles is 1. The molecule has 0 N–H and O–H groups in total. The van der Waals surface area contributed by atoms with Crippen molar-refractivity contribution in [1.29, 1.82) is 5.26 Å². The van der Waals surface area contributed by atoms with E-state index in [0.717, 1.165) is 0 Å². The van der Waals surface area contributed by atoms with E-state index in [1.807, 2.05) is 0 Å². The maximum Gasteiger partial charge on any atom is 0.339 e. The van der Waals surface area contributed by atoms with E-state index in [2.05, 4.69) is 38.4 Å². The maximum atomic E-state index is 12.0. The largest absolute Gasteiger partial charge is 0.497 e. The Morgan fingerprint density at radius 2 is 1.93 bits per heavy atom. The predicted octanol–water partition coefficient (Wildman–Crippen LogP) is 4.46. The first kappa shape index (κ1) is 21.2. The van der Waals surface area contributed by atoms with Crippen molar-refractivity contribution in [1.82, 2.24) is 4.67 Å². The summed E-state index contributed by atoms with van der Waals surface area (Å²) < 4.78 is 24.6. The third kappa shape index (κ3) is 5.43. The molecule has 27 heavy (non-hydrogen) atoms. The molecule has 7 nitrogen and oxygen atoms in total. The van der Waals surface area contributed by atoms with Crippen molar-refractivity contribution in [2.45, 2.75) is 46.2 Å². The molecule has 1 atom stereocenters. The average Bonchev–Trinajstić information content (AvgIpc) is 2.60. The fourth-order valence-corrected chi connectivity index (χ4v) is 4.28. The second kappa shape index (κ2) is 9.70. The molecule has 0 aliphatic heterocycles. The first-order valence-electron chi connectivity index (χ1n) is 8.75. The van der Waals surface area contributed by atoms with Crippen molar-refractivity contribution in [3.05, 3.63) is 34.7 Å². The maximum absolute atomic E-state index is 12.0. The number of benzene rings is 1. The van der Waals surface area contributed by atoms with Gasteiger partial charge in [-0.2, -0.15) is 5.26 Å². The Hall–Kier alpha value is -2.13. The van der Waals surface area contributed by atoms with E-state index in [9.17, 15) is 4.79 Å². The normalized spacial score (nSPS) is 12.6. The van der Waals surface area contributed by atoms with Gasteiger partial charge >= 0.3 is 14.2 Å². The lowest BCUT2D eigenvalue weighted by Crippen LogP contribution is -2.34. The van der Waals surface area contributed by atoms with Crippen LogP contribution in [0.4, 0.5) is 0 Å². The summed E-state index contributed by atoms with van der Waals surface area (Å²) in [4.78, 5) is 12.0. The van der Waals surface area contributed by atoms with Crippen LogP contribution in [0.2, 0.25) is 0 Å². The van der Waals surface area contributed by atoms with Crippen LogP contribution in [-0.4, -0.2) is 30.5 Å². The highest BCUT2D eigenvalue weighted by Gasteiger charge is 2.29. The third-order valence-electron chi connectivity index (χ3n) is 3.75. The molecule has 2 aromatic rings. The molecular weight excluding hydrogens is 367 g/mol. The fraction of sp³-hybridized carbons (Fsp3) is 0.474. The SMILES string of the molecule is COc1ccc2c(OP(OCCC#N)N(C(C)C)C(C)C)cc(=O)oc2c1. The van der Waals surface area contributed by atoms with Crippen molar-refractivity contribution in [3.63, 3.8) is 0 Å². The van der Waals surface area contributed by atoms with E-state index in [-0.39, 0.29) is 25.1 Å². The molecule has 0 amide bonds. The Bertz CT molecular complexity index is 851. The topological polar surface area (TPSA) is 84.9 Å². The van der Waals surface area contributed by atoms with Gasteiger partial charge in [-0.15, -0.1) is 0 Å². The van der Waals surface area contributed by atoms with E-state index in [1.165, 1.54) is 6.07 Å². The summed E-state index contributed by atoms with van der Waals surface area (Å²) in [6, 6.07) is 8.90. The lowest BCUT2D eigenvalue weighted by atomic mass is 10.2. The molecule has 0 fully saturated rings. The molecule has 146 valence electrons. The summed E-state index contributed by atoms with van der Waals surface area (Å²) in [6.45, 7) is 8.46. The standard InChI is InChI=1S/C19H25N2O5P/c1-13(2)21(14(3)4)27(24-10-6-9-20)26-18-12-19(22)25-17-11-15(23-5)7-8-16(17)18/h7-8,11-14H,6,10H2,1-5H3. The van der Waals surface area contributed by atoms with Crippen LogP contribution < -0.4 is 14.9 Å². The molecule has 8 heteroatoms. The Labute approximate surface area is 160 Å². The highest BCUT2D eigenvalue weighted by molar-refractivity contribution is 7.45. The summed E-state index contributed by atoms with van der Waals surface area (Å²) in [6.07, 6.45) is 0.265. The minimum Gasteiger partial charge on any atom is -0.497 e. The molecule has 1 unspecified atom stereocenters. The van der Waals surface area contributed by atoms with Gasteiger partial charge in [-0.25, -0.2) is 9.46 Å². The molecule has 1 aromatic heterocycles. The Morgan fingerprint density at radius 3 is 2.52 bits per heavy atom. The van der Waals surface area contributed by atoms with Gasteiger partial charge in [0.2, 0.25) is 0 Å². The van der Waals surface area contributed by atoms with E-state index in [1.54, 1.807) is 25.3 Å². The van der Waals surface area contributed by atoms with Crippen LogP contribution in [0.1, 0.15) is 34.1 Å². The quantitative estimate of drug-likeness (QED) is 0.354. The summed E-state index contributed by atoms with van der Waals surface area (Å²) in [7, 11) is 0.0294. The number of hydrogen-bond donors (Lipinski definition) is 0. The Morgan fingerprint density at radius 1 is 1.22 bits per heavy atom. The summed E-state index contributed by atoms with van der Waals surface area (Å²) in [5.74, 6) is 0.972. The van der Waals surface area contributed by atoms with Gasteiger partial charge in [-0.1, -0.05) is 0 Å². The van der Waals surface area contributed by atoms with Crippen LogP contribution in [0.25, 0.3) is 11.0 Å². The van der Waals surface area contributed by atoms with E-state index >= 15 is 0 Å². The molecule has 2 rings (SSSR count). The number of rotatable bonds is 9. The second-order valence-corrected chi connectivity index (χ2v) is 7.81. The second-order valence-electron chi connectivity index (χ2n) is 6.43. The lowest BCUT2D eigenvalue weighted by molar-refractivity contribution is 0.220. The van der Waals surface area contributed by atoms with Crippen LogP contribution in [0.15, 0.2) is 33.5 Å². The molecule has 0 bridgehead atoms. The van der Waals surface area contributed by atoms with Crippen molar-refractivity contribution < 1.29 is 18.2 Å². The van der Waals surface area contributed by atoms with Crippen molar-refractivity contribution in [2.24, 2.45) is 0 Å². The van der Waals surface area contributed by atoms with Gasteiger partial charge in [-0.3, -0.25) is 0 Å². The van der Waals surface area contributed by atoms with Crippen LogP contribution in [-0.2, 0) is 4.52 Å². The predicted molar refractivity (Wildman–Crippen MR) is 105 cm³/mol. The van der Waals surface area contributed by atoms with Crippen molar-refractivity contribution >= 4 is 19.5 Å². The molecule has 1 heterocycles. The zero-order chi connectivity index (χ0) is 20.0. The summed E-state index contributed by atoms with van der Waals surface area (Å²) >= 11 is 0. The van der Waals surface area contributed by atoms with E-state index in [0.29, 0.717) is 22.5 Å². The molecule has 0 aliphatic rings. The van der Waals surface area contributed by atoms with Crippen LogP contribution in [0.5, 0.6) is 11.5 Å². The number of ether oxygens (including phenoxy) is 1. The highest BCUT2D eigenvalue weighted by atomic mass is 31.2. The molecule has 0 spiro atoms. The number of fused-ring (bicyclic) bond motifs is 1. The minimum absolute atomic E-state index is 0.157. The van der Waals surface area contributed by atoms with Gasteiger partial charge in [0.15, 0.2) is 0 Å². The average molecular weight is 392 g/mol. The van der Waals surface area contributed by atoms with E-state index < -0.39 is 14.2 Å². The molecular formula is C19H25N2O5P. The van der Waals surface area contributed by atoms with Gasteiger partial charge in [0.1, 0.15) is 17.1 Å². The minimum atomic E-state index is -1.52. The molecule has 0 saturated carbocycles. The highest BCUT2D eigenvalue weighted by Crippen LogP contribution is 2.47. The zero-order valence-corrected chi connectivity index (χ0v) is 17.2. The van der Waals surface area contributed by atoms with Crippen LogP contribution in [0.3, 0.4) is 0 Å². The molecule has 0 aliphatic carbocycles. The number of nitrogens with zero attached hydrogens (tertiary/aromatic N) is 2. The van der Waals surface area contributed by atoms with Gasteiger partial charge in [0.05, 0.1) is 37.7 Å². The molecule has 0 radical (unpaired) electrons.